The number of ether oxygens (including phenoxy) is 1. The maximum Gasteiger partial charge on any atom is 0.307 e. The molecule has 1 rings (SSSR count). The smallest absolute Gasteiger partial charge is 0.307 e. The minimum atomic E-state index is -0.525. The number of nitrogens with zero attached hydrogens (tertiary/aromatic N) is 1. The first kappa shape index (κ1) is 22.3. The molecule has 0 bridgehead atoms. The molecule has 2 N–H and O–H groups in total. The Kier molecular flexibility index (Phi) is 7.50. The Balaban J connectivity index is 2.51. The highest BCUT2D eigenvalue weighted by Gasteiger charge is 2.32. The average molecular weight is 367 g/mol. The van der Waals surface area contributed by atoms with Gasteiger partial charge in [0.05, 0.1) is 18.9 Å². The van der Waals surface area contributed by atoms with Gasteiger partial charge >= 0.3 is 5.97 Å². The Bertz CT molecular complexity index is 558. The van der Waals surface area contributed by atoms with Crippen LogP contribution in [0.15, 0.2) is 0 Å². The molecule has 1 aliphatic rings. The van der Waals surface area contributed by atoms with Crippen molar-refractivity contribution in [1.29, 1.82) is 5.41 Å². The van der Waals surface area contributed by atoms with Crippen LogP contribution in [0.3, 0.4) is 0 Å². The number of rotatable bonds is 6. The van der Waals surface area contributed by atoms with E-state index in [0.29, 0.717) is 19.5 Å². The Morgan fingerprint density at radius 1 is 1.15 bits per heavy atom. The van der Waals surface area contributed by atoms with E-state index in [1.165, 1.54) is 0 Å². The lowest BCUT2D eigenvalue weighted by Gasteiger charge is -2.25. The van der Waals surface area contributed by atoms with E-state index in [1.54, 1.807) is 0 Å². The lowest BCUT2D eigenvalue weighted by atomic mass is 9.88. The molecule has 0 spiro atoms. The van der Waals surface area contributed by atoms with Crippen molar-refractivity contribution in [2.75, 3.05) is 13.1 Å². The lowest BCUT2D eigenvalue weighted by molar-refractivity contribution is -0.155. The van der Waals surface area contributed by atoms with Crippen molar-refractivity contribution in [3.63, 3.8) is 0 Å². The number of hydrogen-bond acceptors (Lipinski definition) is 6. The zero-order valence-corrected chi connectivity index (χ0v) is 16.9. The molecule has 148 valence electrons. The normalized spacial score (nSPS) is 18.5. The van der Waals surface area contributed by atoms with Crippen molar-refractivity contribution in [2.24, 2.45) is 5.41 Å². The van der Waals surface area contributed by atoms with Crippen molar-refractivity contribution in [1.82, 2.24) is 10.2 Å². The van der Waals surface area contributed by atoms with E-state index in [2.05, 4.69) is 5.32 Å². The molecule has 1 fully saturated rings. The van der Waals surface area contributed by atoms with Crippen LogP contribution in [0, 0.1) is 10.8 Å². The van der Waals surface area contributed by atoms with Gasteiger partial charge < -0.3 is 10.1 Å². The van der Waals surface area contributed by atoms with Gasteiger partial charge in [-0.3, -0.25) is 24.6 Å². The predicted octanol–water partition coefficient (Wildman–Crippen LogP) is 2.28. The second-order valence-corrected chi connectivity index (χ2v) is 8.85. The summed E-state index contributed by atoms with van der Waals surface area (Å²) in [7, 11) is 0. The van der Waals surface area contributed by atoms with E-state index in [1.807, 2.05) is 46.4 Å². The van der Waals surface area contributed by atoms with E-state index < -0.39 is 23.0 Å². The maximum absolute atomic E-state index is 12.4. The monoisotopic (exact) mass is 367 g/mol. The van der Waals surface area contributed by atoms with Crippen LogP contribution in [-0.2, 0) is 19.1 Å². The summed E-state index contributed by atoms with van der Waals surface area (Å²) in [6.45, 7) is 12.2. The van der Waals surface area contributed by atoms with Crippen LogP contribution in [-0.4, -0.2) is 53.1 Å². The van der Waals surface area contributed by atoms with Crippen LogP contribution in [0.4, 0.5) is 0 Å². The van der Waals surface area contributed by atoms with E-state index in [9.17, 15) is 14.4 Å². The van der Waals surface area contributed by atoms with Gasteiger partial charge in [-0.05, 0) is 40.2 Å². The topological polar surface area (TPSA) is 99.6 Å². The fourth-order valence-electron chi connectivity index (χ4n) is 2.71. The highest BCUT2D eigenvalue weighted by molar-refractivity contribution is 6.07. The third-order valence-electron chi connectivity index (χ3n) is 4.19. The van der Waals surface area contributed by atoms with Gasteiger partial charge in [-0.2, -0.15) is 0 Å². The second kappa shape index (κ2) is 8.75. The van der Waals surface area contributed by atoms with E-state index in [-0.39, 0.29) is 30.4 Å². The first-order chi connectivity index (χ1) is 11.8. The van der Waals surface area contributed by atoms with E-state index in [4.69, 9.17) is 10.1 Å². The van der Waals surface area contributed by atoms with Crippen LogP contribution >= 0.6 is 0 Å². The quantitative estimate of drug-likeness (QED) is 0.554. The summed E-state index contributed by atoms with van der Waals surface area (Å²) in [5, 5.41) is 10.3. The predicted molar refractivity (Wildman–Crippen MR) is 100 cm³/mol. The third-order valence-corrected chi connectivity index (χ3v) is 4.19. The molecular weight excluding hydrogens is 334 g/mol. The summed E-state index contributed by atoms with van der Waals surface area (Å²) in [5.41, 5.74) is -0.633. The summed E-state index contributed by atoms with van der Waals surface area (Å²) >= 11 is 0. The maximum atomic E-state index is 12.4. The van der Waals surface area contributed by atoms with Crippen molar-refractivity contribution < 1.29 is 19.1 Å². The summed E-state index contributed by atoms with van der Waals surface area (Å²) in [6, 6.07) is -0.412. The molecule has 0 aromatic carbocycles. The van der Waals surface area contributed by atoms with Crippen molar-refractivity contribution in [3.8, 4) is 0 Å². The highest BCUT2D eigenvalue weighted by Crippen LogP contribution is 2.19. The highest BCUT2D eigenvalue weighted by atomic mass is 16.6. The fraction of sp³-hybridized carbons (Fsp3) is 0.789. The molecule has 0 aromatic heterocycles. The molecule has 7 nitrogen and oxygen atoms in total. The van der Waals surface area contributed by atoms with Gasteiger partial charge in [-0.15, -0.1) is 0 Å². The minimum absolute atomic E-state index is 0.0835. The summed E-state index contributed by atoms with van der Waals surface area (Å²) in [4.78, 5) is 38.2. The van der Waals surface area contributed by atoms with Crippen molar-refractivity contribution in [2.45, 2.75) is 78.9 Å². The Morgan fingerprint density at radius 3 is 2.31 bits per heavy atom. The average Bonchev–Trinajstić information content (AvgIpc) is 2.90. The second-order valence-electron chi connectivity index (χ2n) is 8.85. The molecule has 1 aliphatic heterocycles. The third kappa shape index (κ3) is 7.64. The molecule has 1 unspecified atom stereocenters. The van der Waals surface area contributed by atoms with Gasteiger partial charge in [-0.1, -0.05) is 20.8 Å². The summed E-state index contributed by atoms with van der Waals surface area (Å²) in [6.07, 6.45) is 1.63. The number of nitrogens with one attached hydrogen (secondary N) is 2. The van der Waals surface area contributed by atoms with Crippen LogP contribution in [0.2, 0.25) is 0 Å². The van der Waals surface area contributed by atoms with Gasteiger partial charge in [0, 0.05) is 17.7 Å². The zero-order chi connectivity index (χ0) is 20.1. The Morgan fingerprint density at radius 2 is 1.77 bits per heavy atom. The van der Waals surface area contributed by atoms with Gasteiger partial charge in [0.2, 0.25) is 11.8 Å². The molecule has 0 aromatic rings. The van der Waals surface area contributed by atoms with Crippen LogP contribution in [0.5, 0.6) is 0 Å². The Labute approximate surface area is 156 Å². The summed E-state index contributed by atoms with van der Waals surface area (Å²) in [5.74, 6) is -1.09. The largest absolute Gasteiger partial charge is 0.460 e. The number of amides is 2. The number of hydrogen-bond donors (Lipinski definition) is 2. The molecule has 2 amide bonds. The fourth-order valence-corrected chi connectivity index (χ4v) is 2.71. The zero-order valence-electron chi connectivity index (χ0n) is 16.9. The van der Waals surface area contributed by atoms with Crippen LogP contribution in [0.1, 0.15) is 67.2 Å². The van der Waals surface area contributed by atoms with Crippen LogP contribution < -0.4 is 5.32 Å². The first-order valence-electron chi connectivity index (χ1n) is 9.17. The number of carbonyl (C=O) groups is 3. The van der Waals surface area contributed by atoms with E-state index >= 15 is 0 Å². The standard InChI is InChI=1S/C19H33N3O4/c1-18(2,3)14(20)12-15(23)21-17(25)13-8-7-10-22(13)11-9-16(24)26-19(4,5)6/h13,20H,7-12H2,1-6H3,(H,21,23,25). The van der Waals surface area contributed by atoms with Gasteiger partial charge in [-0.25, -0.2) is 0 Å². The molecule has 0 aliphatic carbocycles. The summed E-state index contributed by atoms with van der Waals surface area (Å²) < 4.78 is 5.29. The van der Waals surface area contributed by atoms with Crippen molar-refractivity contribution >= 4 is 23.5 Å². The van der Waals surface area contributed by atoms with Gasteiger partial charge in [0.15, 0.2) is 0 Å². The molecule has 0 saturated carbocycles. The molecule has 0 radical (unpaired) electrons. The minimum Gasteiger partial charge on any atom is -0.460 e. The molecule has 1 heterocycles. The van der Waals surface area contributed by atoms with Gasteiger partial charge in [0.1, 0.15) is 5.60 Å². The molecule has 26 heavy (non-hydrogen) atoms. The molecule has 1 saturated heterocycles. The van der Waals surface area contributed by atoms with Crippen LogP contribution in [0.25, 0.3) is 0 Å². The van der Waals surface area contributed by atoms with E-state index in [0.717, 1.165) is 6.42 Å². The molecule has 7 heteroatoms. The lowest BCUT2D eigenvalue weighted by Crippen LogP contribution is -2.46. The van der Waals surface area contributed by atoms with Crippen molar-refractivity contribution in [3.05, 3.63) is 0 Å². The number of esters is 1. The number of carbonyl (C=O) groups excluding carboxylic acids is 3. The number of likely N-dealkylation sites (tertiary alicyclic amines) is 1. The molecule has 1 atom stereocenters. The Hall–Kier alpha value is -1.76. The molecular formula is C19H33N3O4. The number of imide groups is 1. The SMILES string of the molecule is CC(C)(C)OC(=O)CCN1CCCC1C(=O)NC(=O)CC(=N)C(C)(C)C. The first-order valence-corrected chi connectivity index (χ1v) is 9.17. The van der Waals surface area contributed by atoms with Gasteiger partial charge in [0.25, 0.3) is 0 Å².